The summed E-state index contributed by atoms with van der Waals surface area (Å²) in [5.74, 6) is 0.00120. The number of nitrogens with zero attached hydrogens (tertiary/aromatic N) is 2. The molecule has 0 radical (unpaired) electrons. The molecule has 0 amide bonds. The first-order chi connectivity index (χ1) is 6.18. The third-order valence-electron chi connectivity index (χ3n) is 1.99. The van der Waals surface area contributed by atoms with Crippen LogP contribution in [0.1, 0.15) is 25.3 Å². The molecule has 0 aliphatic carbocycles. The van der Waals surface area contributed by atoms with Gasteiger partial charge in [0.15, 0.2) is 0 Å². The molecule has 2 nitrogen and oxygen atoms in total. The summed E-state index contributed by atoms with van der Waals surface area (Å²) in [7, 11) is 0. The van der Waals surface area contributed by atoms with Gasteiger partial charge in [0.25, 0.3) is 0 Å². The van der Waals surface area contributed by atoms with Crippen molar-refractivity contribution in [3.05, 3.63) is 23.5 Å². The number of fused-ring (bicyclic) bond motifs is 1. The summed E-state index contributed by atoms with van der Waals surface area (Å²) in [6, 6.07) is 3.23. The Morgan fingerprint density at radius 3 is 2.46 bits per heavy atom. The predicted molar refractivity (Wildman–Crippen MR) is 51.5 cm³/mol. The van der Waals surface area contributed by atoms with Crippen LogP contribution >= 0.6 is 11.7 Å². The van der Waals surface area contributed by atoms with E-state index in [0.29, 0.717) is 11.1 Å². The number of rotatable bonds is 1. The third-order valence-corrected chi connectivity index (χ3v) is 2.55. The zero-order valence-electron chi connectivity index (χ0n) is 7.41. The van der Waals surface area contributed by atoms with E-state index in [2.05, 4.69) is 8.75 Å². The first-order valence-corrected chi connectivity index (χ1v) is 4.83. The molecule has 0 fully saturated rings. The van der Waals surface area contributed by atoms with Gasteiger partial charge in [0.1, 0.15) is 16.9 Å². The van der Waals surface area contributed by atoms with Crippen LogP contribution < -0.4 is 0 Å². The molecule has 0 saturated heterocycles. The Morgan fingerprint density at radius 2 is 1.85 bits per heavy atom. The van der Waals surface area contributed by atoms with Gasteiger partial charge in [-0.05, 0) is 17.5 Å². The van der Waals surface area contributed by atoms with E-state index in [9.17, 15) is 4.39 Å². The minimum absolute atomic E-state index is 0.185. The van der Waals surface area contributed by atoms with Crippen LogP contribution in [0.5, 0.6) is 0 Å². The lowest BCUT2D eigenvalue weighted by atomic mass is 10.0. The van der Waals surface area contributed by atoms with E-state index in [-0.39, 0.29) is 11.7 Å². The van der Waals surface area contributed by atoms with Crippen molar-refractivity contribution < 1.29 is 4.39 Å². The van der Waals surface area contributed by atoms with Crippen LogP contribution in [0.4, 0.5) is 4.39 Å². The molecule has 1 aromatic heterocycles. The van der Waals surface area contributed by atoms with Crippen LogP contribution in [-0.4, -0.2) is 8.75 Å². The molecular formula is C9H9FN2S. The molecular weight excluding hydrogens is 187 g/mol. The van der Waals surface area contributed by atoms with Gasteiger partial charge in [-0.1, -0.05) is 13.8 Å². The van der Waals surface area contributed by atoms with Crippen LogP contribution in [0.25, 0.3) is 11.0 Å². The molecule has 0 aliphatic heterocycles. The zero-order valence-corrected chi connectivity index (χ0v) is 8.23. The maximum absolute atomic E-state index is 13.4. The predicted octanol–water partition coefficient (Wildman–Crippen LogP) is 2.95. The number of hydrogen-bond donors (Lipinski definition) is 0. The van der Waals surface area contributed by atoms with Gasteiger partial charge in [0.05, 0.1) is 11.7 Å². The molecule has 0 spiro atoms. The maximum Gasteiger partial charge on any atom is 0.129 e. The number of hydrogen-bond acceptors (Lipinski definition) is 3. The van der Waals surface area contributed by atoms with E-state index in [4.69, 9.17) is 0 Å². The Bertz CT molecular complexity index is 436. The first-order valence-electron chi connectivity index (χ1n) is 4.10. The molecule has 4 heteroatoms. The molecule has 0 bridgehead atoms. The highest BCUT2D eigenvalue weighted by Crippen LogP contribution is 2.23. The van der Waals surface area contributed by atoms with Gasteiger partial charge in [-0.15, -0.1) is 0 Å². The minimum atomic E-state index is -0.185. The summed E-state index contributed by atoms with van der Waals surface area (Å²) in [6.07, 6.45) is 0. The summed E-state index contributed by atoms with van der Waals surface area (Å²) in [5, 5.41) is 0. The van der Waals surface area contributed by atoms with Crippen LogP contribution in [0.15, 0.2) is 12.1 Å². The highest BCUT2D eigenvalue weighted by Gasteiger charge is 2.09. The second kappa shape index (κ2) is 3.03. The van der Waals surface area contributed by atoms with Crippen molar-refractivity contribution >= 4 is 22.8 Å². The third kappa shape index (κ3) is 1.42. The average Bonchev–Trinajstić information content (AvgIpc) is 2.48. The van der Waals surface area contributed by atoms with E-state index in [1.165, 1.54) is 6.07 Å². The lowest BCUT2D eigenvalue weighted by Gasteiger charge is -2.05. The van der Waals surface area contributed by atoms with Gasteiger partial charge >= 0.3 is 0 Å². The van der Waals surface area contributed by atoms with Crippen molar-refractivity contribution in [2.75, 3.05) is 0 Å². The lowest BCUT2D eigenvalue weighted by molar-refractivity contribution is 0.600. The van der Waals surface area contributed by atoms with Gasteiger partial charge < -0.3 is 0 Å². The van der Waals surface area contributed by atoms with Gasteiger partial charge in [-0.2, -0.15) is 8.75 Å². The van der Waals surface area contributed by atoms with Crippen LogP contribution in [0.2, 0.25) is 0 Å². The highest BCUT2D eigenvalue weighted by atomic mass is 32.1. The van der Waals surface area contributed by atoms with E-state index < -0.39 is 0 Å². The standard InChI is InChI=1S/C9H9FN2S/c1-5(2)6-3-8-9(4-7(6)10)12-13-11-8/h3-5H,1-2H3. The first kappa shape index (κ1) is 8.56. The fourth-order valence-electron chi connectivity index (χ4n) is 1.26. The number of benzene rings is 1. The normalized spacial score (nSPS) is 11.4. The van der Waals surface area contributed by atoms with E-state index in [1.807, 2.05) is 13.8 Å². The molecule has 0 atom stereocenters. The molecule has 2 aromatic rings. The molecule has 0 N–H and O–H groups in total. The zero-order chi connectivity index (χ0) is 9.42. The quantitative estimate of drug-likeness (QED) is 0.700. The summed E-state index contributed by atoms with van der Waals surface area (Å²) in [6.45, 7) is 3.92. The molecule has 2 rings (SSSR count). The Labute approximate surface area is 79.7 Å². The van der Waals surface area contributed by atoms with Crippen LogP contribution in [0.3, 0.4) is 0 Å². The SMILES string of the molecule is CC(C)c1cc2nsnc2cc1F. The number of halogens is 1. The fraction of sp³-hybridized carbons (Fsp3) is 0.333. The van der Waals surface area contributed by atoms with Gasteiger partial charge in [0.2, 0.25) is 0 Å². The largest absolute Gasteiger partial charge is 0.207 e. The second-order valence-corrected chi connectivity index (χ2v) is 3.81. The molecule has 1 heterocycles. The molecule has 13 heavy (non-hydrogen) atoms. The smallest absolute Gasteiger partial charge is 0.129 e. The van der Waals surface area contributed by atoms with Crippen molar-refractivity contribution in [1.82, 2.24) is 8.75 Å². The average molecular weight is 196 g/mol. The topological polar surface area (TPSA) is 25.8 Å². The lowest BCUT2D eigenvalue weighted by Crippen LogP contribution is -1.92. The summed E-state index contributed by atoms with van der Waals surface area (Å²) in [5.41, 5.74) is 2.14. The van der Waals surface area contributed by atoms with Gasteiger partial charge in [-0.3, -0.25) is 0 Å². The molecule has 0 aliphatic rings. The summed E-state index contributed by atoms with van der Waals surface area (Å²) >= 11 is 1.12. The Morgan fingerprint density at radius 1 is 1.23 bits per heavy atom. The fourth-order valence-corrected chi connectivity index (χ4v) is 1.77. The Hall–Kier alpha value is -1.03. The Kier molecular flexibility index (Phi) is 2.00. The Balaban J connectivity index is 2.69. The number of aromatic nitrogens is 2. The van der Waals surface area contributed by atoms with Crippen LogP contribution in [-0.2, 0) is 0 Å². The van der Waals surface area contributed by atoms with Gasteiger partial charge in [-0.25, -0.2) is 4.39 Å². The minimum Gasteiger partial charge on any atom is -0.207 e. The molecule has 1 aromatic carbocycles. The van der Waals surface area contributed by atoms with Crippen molar-refractivity contribution in [2.24, 2.45) is 0 Å². The van der Waals surface area contributed by atoms with Gasteiger partial charge in [0, 0.05) is 6.07 Å². The maximum atomic E-state index is 13.4. The van der Waals surface area contributed by atoms with Crippen molar-refractivity contribution in [3.63, 3.8) is 0 Å². The monoisotopic (exact) mass is 196 g/mol. The molecule has 0 saturated carbocycles. The highest BCUT2D eigenvalue weighted by molar-refractivity contribution is 7.00. The summed E-state index contributed by atoms with van der Waals surface area (Å²) in [4.78, 5) is 0. The van der Waals surface area contributed by atoms with Crippen molar-refractivity contribution in [3.8, 4) is 0 Å². The van der Waals surface area contributed by atoms with Crippen molar-refractivity contribution in [2.45, 2.75) is 19.8 Å². The summed E-state index contributed by atoms with van der Waals surface area (Å²) < 4.78 is 21.4. The van der Waals surface area contributed by atoms with E-state index >= 15 is 0 Å². The molecule has 0 unspecified atom stereocenters. The van der Waals surface area contributed by atoms with Crippen molar-refractivity contribution in [1.29, 1.82) is 0 Å². The van der Waals surface area contributed by atoms with E-state index in [0.717, 1.165) is 17.2 Å². The second-order valence-electron chi connectivity index (χ2n) is 3.28. The molecule has 68 valence electrons. The van der Waals surface area contributed by atoms with E-state index in [1.54, 1.807) is 6.07 Å². The van der Waals surface area contributed by atoms with Crippen LogP contribution in [0, 0.1) is 5.82 Å².